The Kier molecular flexibility index (Phi) is 7.04. The number of amides is 1. The van der Waals surface area contributed by atoms with Crippen LogP contribution in [0.4, 0.5) is 14.5 Å². The normalized spacial score (nSPS) is 24.7. The van der Waals surface area contributed by atoms with Crippen LogP contribution in [0.5, 0.6) is 5.75 Å². The minimum absolute atomic E-state index is 0.0227. The highest BCUT2D eigenvalue weighted by molar-refractivity contribution is 5.96. The Morgan fingerprint density at radius 1 is 1.02 bits per heavy atom. The van der Waals surface area contributed by atoms with E-state index in [0.717, 1.165) is 45.6 Å². The Morgan fingerprint density at radius 3 is 2.47 bits per heavy atom. The molecule has 43 heavy (non-hydrogen) atoms. The van der Waals surface area contributed by atoms with Gasteiger partial charge in [-0.15, -0.1) is 0 Å². The summed E-state index contributed by atoms with van der Waals surface area (Å²) in [4.78, 5) is 17.0. The second-order valence-electron chi connectivity index (χ2n) is 12.7. The second kappa shape index (κ2) is 10.8. The second-order valence-corrected chi connectivity index (χ2v) is 12.7. The van der Waals surface area contributed by atoms with Crippen molar-refractivity contribution in [3.05, 3.63) is 47.7 Å². The number of alkyl halides is 2. The Balaban J connectivity index is 1.31. The van der Waals surface area contributed by atoms with Crippen molar-refractivity contribution in [1.29, 1.82) is 0 Å². The molecule has 11 heteroatoms. The number of carbonyl (C=O) groups is 1. The van der Waals surface area contributed by atoms with E-state index in [4.69, 9.17) is 21.3 Å². The number of methoxy groups -OCH3 is 1. The summed E-state index contributed by atoms with van der Waals surface area (Å²) in [5, 5.41) is 6.08. The number of hydrogen-bond donors (Lipinski definition) is 2. The molecule has 1 aromatic carbocycles. The number of nitrogens with zero attached hydrogens (tertiary/aromatic N) is 5. The molecule has 0 bridgehead atoms. The van der Waals surface area contributed by atoms with Gasteiger partial charge in [-0.1, -0.05) is 6.07 Å². The van der Waals surface area contributed by atoms with E-state index in [2.05, 4.69) is 22.8 Å². The third-order valence-corrected chi connectivity index (χ3v) is 9.18. The fraction of sp³-hybridized carbons (Fsp3) is 0.500. The van der Waals surface area contributed by atoms with Crippen LogP contribution in [0.3, 0.4) is 0 Å². The molecule has 2 saturated heterocycles. The van der Waals surface area contributed by atoms with Crippen LogP contribution >= 0.6 is 0 Å². The number of ether oxygens (including phenoxy) is 1. The van der Waals surface area contributed by atoms with Crippen molar-refractivity contribution in [2.75, 3.05) is 38.2 Å². The number of nitrogens with two attached hydrogens (primary N) is 2. The number of aryl methyl sites for hydroxylation is 1. The molecule has 3 fully saturated rings. The van der Waals surface area contributed by atoms with Crippen molar-refractivity contribution in [3.8, 4) is 17.1 Å². The number of halogens is 2. The van der Waals surface area contributed by atoms with E-state index >= 15 is 0 Å². The van der Waals surface area contributed by atoms with Gasteiger partial charge in [0.1, 0.15) is 29.3 Å². The molecule has 1 saturated carbocycles. The van der Waals surface area contributed by atoms with Gasteiger partial charge in [0.05, 0.1) is 30.4 Å². The van der Waals surface area contributed by atoms with Crippen LogP contribution in [0, 0.1) is 12.8 Å². The molecule has 1 aliphatic carbocycles. The van der Waals surface area contributed by atoms with E-state index < -0.39 is 18.4 Å². The van der Waals surface area contributed by atoms with E-state index in [-0.39, 0.29) is 24.9 Å². The van der Waals surface area contributed by atoms with Gasteiger partial charge in [-0.05, 0) is 62.8 Å². The molecule has 4 atom stereocenters. The Labute approximate surface area is 249 Å². The van der Waals surface area contributed by atoms with E-state index in [0.29, 0.717) is 43.3 Å². The fourth-order valence-electron chi connectivity index (χ4n) is 6.90. The predicted octanol–water partition coefficient (Wildman–Crippen LogP) is 4.07. The highest BCUT2D eigenvalue weighted by Gasteiger charge is 2.31. The molecule has 0 radical (unpaired) electrons. The van der Waals surface area contributed by atoms with Gasteiger partial charge in [0, 0.05) is 61.1 Å². The summed E-state index contributed by atoms with van der Waals surface area (Å²) >= 11 is 0. The molecule has 3 aliphatic rings. The molecule has 0 spiro atoms. The number of rotatable bonds is 6. The van der Waals surface area contributed by atoms with Crippen LogP contribution in [0.2, 0.25) is 0 Å². The molecule has 5 heterocycles. The van der Waals surface area contributed by atoms with Gasteiger partial charge >= 0.3 is 0 Å². The van der Waals surface area contributed by atoms with E-state index in [1.165, 1.54) is 17.7 Å². The average molecular weight is 592 g/mol. The quantitative estimate of drug-likeness (QED) is 0.350. The van der Waals surface area contributed by atoms with Gasteiger partial charge in [0.2, 0.25) is 0 Å². The van der Waals surface area contributed by atoms with Crippen molar-refractivity contribution in [2.24, 2.45) is 17.4 Å². The standard InChI is InChI=1S/C32H39F2N7O2/c1-18-30(37-41-13-21(8-29(43-2)31(18)41)32(42)39-15-23(34)10-25(36)17-39)28-7-20-5-6-26(38-14-22(33)9-24(35)16-38)11-27(20)40(28)12-19-3-4-19/h5-8,11,13,19,22-25H,3-4,9-10,12,14-17,35-36H2,1-2H3/t22-,23-,24-,25-/m1/s1. The first-order valence-electron chi connectivity index (χ1n) is 15.2. The molecule has 1 amide bonds. The first kappa shape index (κ1) is 28.1. The smallest absolute Gasteiger partial charge is 0.255 e. The minimum Gasteiger partial charge on any atom is -0.494 e. The number of pyridine rings is 1. The van der Waals surface area contributed by atoms with Gasteiger partial charge in [-0.3, -0.25) is 4.79 Å². The van der Waals surface area contributed by atoms with Crippen LogP contribution < -0.4 is 21.1 Å². The van der Waals surface area contributed by atoms with E-state index in [9.17, 15) is 13.6 Å². The molecule has 228 valence electrons. The van der Waals surface area contributed by atoms with Gasteiger partial charge in [0.15, 0.2) is 0 Å². The lowest BCUT2D eigenvalue weighted by molar-refractivity contribution is 0.0606. The summed E-state index contributed by atoms with van der Waals surface area (Å²) in [5.41, 5.74) is 18.1. The van der Waals surface area contributed by atoms with Crippen LogP contribution in [0.15, 0.2) is 36.5 Å². The lowest BCUT2D eigenvalue weighted by Crippen LogP contribution is -2.50. The maximum Gasteiger partial charge on any atom is 0.255 e. The molecular weight excluding hydrogens is 552 g/mol. The maximum atomic E-state index is 14.4. The number of carbonyl (C=O) groups excluding carboxylic acids is 1. The molecule has 0 unspecified atom stereocenters. The molecule has 9 nitrogen and oxygen atoms in total. The summed E-state index contributed by atoms with van der Waals surface area (Å²) in [6.07, 6.45) is 2.64. The summed E-state index contributed by atoms with van der Waals surface area (Å²) in [6.45, 7) is 4.18. The predicted molar refractivity (Wildman–Crippen MR) is 163 cm³/mol. The number of hydrogen-bond acceptors (Lipinski definition) is 6. The van der Waals surface area contributed by atoms with E-state index in [1.54, 1.807) is 23.9 Å². The van der Waals surface area contributed by atoms with Crippen molar-refractivity contribution >= 4 is 28.0 Å². The molecule has 4 aromatic rings. The van der Waals surface area contributed by atoms with Gasteiger partial charge in [0.25, 0.3) is 5.91 Å². The van der Waals surface area contributed by atoms with Crippen LogP contribution in [0.1, 0.15) is 41.6 Å². The highest BCUT2D eigenvalue weighted by Crippen LogP contribution is 2.39. The molecule has 3 aromatic heterocycles. The lowest BCUT2D eigenvalue weighted by atomic mass is 10.0. The zero-order valence-corrected chi connectivity index (χ0v) is 24.7. The topological polar surface area (TPSA) is 107 Å². The van der Waals surface area contributed by atoms with Crippen LogP contribution in [-0.2, 0) is 6.54 Å². The fourth-order valence-corrected chi connectivity index (χ4v) is 6.90. The molecular formula is C32H39F2N7O2. The highest BCUT2D eigenvalue weighted by atomic mass is 19.1. The lowest BCUT2D eigenvalue weighted by Gasteiger charge is -2.34. The van der Waals surface area contributed by atoms with Crippen LogP contribution in [-0.4, -0.2) is 82.7 Å². The Morgan fingerprint density at radius 2 is 1.77 bits per heavy atom. The summed E-state index contributed by atoms with van der Waals surface area (Å²) in [6, 6.07) is 9.57. The maximum absolute atomic E-state index is 14.4. The third kappa shape index (κ3) is 5.22. The third-order valence-electron chi connectivity index (χ3n) is 9.18. The molecule has 4 N–H and O–H groups in total. The van der Waals surface area contributed by atoms with Gasteiger partial charge in [-0.2, -0.15) is 5.10 Å². The number of likely N-dealkylation sites (tertiary alicyclic amines) is 1. The molecule has 2 aliphatic heterocycles. The van der Waals surface area contributed by atoms with Crippen molar-refractivity contribution in [3.63, 3.8) is 0 Å². The minimum atomic E-state index is -1.14. The summed E-state index contributed by atoms with van der Waals surface area (Å²) < 4.78 is 38.4. The van der Waals surface area contributed by atoms with Crippen LogP contribution in [0.25, 0.3) is 27.8 Å². The first-order valence-corrected chi connectivity index (χ1v) is 15.2. The van der Waals surface area contributed by atoms with Gasteiger partial charge in [-0.25, -0.2) is 13.3 Å². The van der Waals surface area contributed by atoms with Crippen molar-refractivity contribution in [2.45, 2.75) is 63.6 Å². The number of benzene rings is 1. The Bertz CT molecular complexity index is 1680. The monoisotopic (exact) mass is 591 g/mol. The van der Waals surface area contributed by atoms with Crippen molar-refractivity contribution < 1.29 is 18.3 Å². The first-order chi connectivity index (χ1) is 20.7. The van der Waals surface area contributed by atoms with E-state index in [1.807, 2.05) is 17.9 Å². The molecule has 7 rings (SSSR count). The Hall–Kier alpha value is -3.70. The number of aromatic nitrogens is 3. The number of anilines is 1. The zero-order valence-electron chi connectivity index (χ0n) is 24.7. The summed E-state index contributed by atoms with van der Waals surface area (Å²) in [5.74, 6) is 0.827. The SMILES string of the molecule is COc1cc(C(=O)N2C[C@H](N)C[C@@H](F)C2)cn2nc(-c3cc4ccc(N5C[C@H](N)C[C@@H](F)C5)cc4n3CC3CC3)c(C)c12. The van der Waals surface area contributed by atoms with Crippen molar-refractivity contribution in [1.82, 2.24) is 19.1 Å². The largest absolute Gasteiger partial charge is 0.494 e. The average Bonchev–Trinajstić information content (AvgIpc) is 3.64. The van der Waals surface area contributed by atoms with Gasteiger partial charge < -0.3 is 30.6 Å². The number of fused-ring (bicyclic) bond motifs is 2. The summed E-state index contributed by atoms with van der Waals surface area (Å²) in [7, 11) is 1.57. The number of piperidine rings is 2. The zero-order chi connectivity index (χ0) is 30.0.